The molecule has 10 heavy (non-hydrogen) atoms. The average molecular weight is 135 g/mol. The summed E-state index contributed by atoms with van der Waals surface area (Å²) in [5, 5.41) is 3.54. The topological polar surface area (TPSA) is 64.9 Å². The Morgan fingerprint density at radius 3 is 3.20 bits per heavy atom. The van der Waals surface area contributed by atoms with Crippen LogP contribution in [0.2, 0.25) is 0 Å². The summed E-state index contributed by atoms with van der Waals surface area (Å²) in [6, 6.07) is 1.80. The van der Waals surface area contributed by atoms with E-state index in [1.807, 2.05) is 0 Å². The molecule has 0 spiro atoms. The van der Waals surface area contributed by atoms with Crippen LogP contribution in [0, 0.1) is 0 Å². The van der Waals surface area contributed by atoms with Crippen molar-refractivity contribution in [2.45, 2.75) is 0 Å². The maximum atomic E-state index is 5.46. The normalized spacial score (nSPS) is 10.4. The van der Waals surface area contributed by atoms with Gasteiger partial charge in [0.1, 0.15) is 12.0 Å². The third-order valence-electron chi connectivity index (χ3n) is 1.32. The molecule has 0 bridgehead atoms. The molecule has 4 heteroatoms. The Labute approximate surface area is 57.0 Å². The van der Waals surface area contributed by atoms with E-state index < -0.39 is 0 Å². The minimum absolute atomic E-state index is 0.384. The number of aromatic nitrogens is 2. The zero-order valence-corrected chi connectivity index (χ0v) is 5.11. The van der Waals surface area contributed by atoms with Crippen molar-refractivity contribution < 1.29 is 4.52 Å². The summed E-state index contributed by atoms with van der Waals surface area (Å²) in [5.74, 6) is 0.384. The molecule has 4 nitrogen and oxygen atoms in total. The van der Waals surface area contributed by atoms with Crippen molar-refractivity contribution in [2.24, 2.45) is 0 Å². The molecule has 0 radical (unpaired) electrons. The number of hydrogen-bond donors (Lipinski definition) is 1. The SMILES string of the molecule is Nc1nocc2nccc1-2. The van der Waals surface area contributed by atoms with Crippen LogP contribution in [0.1, 0.15) is 0 Å². The van der Waals surface area contributed by atoms with Gasteiger partial charge in [-0.05, 0) is 6.07 Å². The molecule has 0 saturated carbocycles. The van der Waals surface area contributed by atoms with E-state index >= 15 is 0 Å². The van der Waals surface area contributed by atoms with Crippen molar-refractivity contribution in [3.8, 4) is 11.3 Å². The quantitative estimate of drug-likeness (QED) is 0.579. The lowest BCUT2D eigenvalue weighted by molar-refractivity contribution is 0.405. The summed E-state index contributed by atoms with van der Waals surface area (Å²) >= 11 is 0. The lowest BCUT2D eigenvalue weighted by Gasteiger charge is -1.95. The molecule has 0 aromatic rings. The van der Waals surface area contributed by atoms with Gasteiger partial charge in [0.15, 0.2) is 5.82 Å². The predicted octanol–water partition coefficient (Wildman–Crippen LogP) is 0.757. The van der Waals surface area contributed by atoms with Gasteiger partial charge < -0.3 is 10.3 Å². The monoisotopic (exact) mass is 135 g/mol. The summed E-state index contributed by atoms with van der Waals surface area (Å²) in [7, 11) is 0. The van der Waals surface area contributed by atoms with Crippen LogP contribution in [0.3, 0.4) is 0 Å². The summed E-state index contributed by atoms with van der Waals surface area (Å²) in [6.07, 6.45) is 3.13. The number of nitrogens with zero attached hydrogens (tertiary/aromatic N) is 2. The first-order valence-corrected chi connectivity index (χ1v) is 2.82. The summed E-state index contributed by atoms with van der Waals surface area (Å²) in [5.41, 5.74) is 7.04. The second kappa shape index (κ2) is 1.70. The Balaban J connectivity index is 2.80. The molecule has 0 saturated heterocycles. The highest BCUT2D eigenvalue weighted by molar-refractivity contribution is 5.70. The molecule has 0 aromatic carbocycles. The molecule has 2 heterocycles. The highest BCUT2D eigenvalue weighted by Gasteiger charge is 2.07. The number of nitrogen functional groups attached to an aromatic ring is 1. The van der Waals surface area contributed by atoms with E-state index in [0.717, 1.165) is 11.3 Å². The standard InChI is InChI=1S/C6H5N3O/c7-6-4-1-2-8-5(4)3-10-9-6/h1-3H,(H2,7,9). The second-order valence-corrected chi connectivity index (χ2v) is 1.94. The van der Waals surface area contributed by atoms with Gasteiger partial charge in [-0.3, -0.25) is 4.98 Å². The Bertz CT molecular complexity index is 317. The van der Waals surface area contributed by atoms with Gasteiger partial charge >= 0.3 is 0 Å². The van der Waals surface area contributed by atoms with Crippen molar-refractivity contribution >= 4 is 5.82 Å². The lowest BCUT2D eigenvalue weighted by atomic mass is 10.2. The molecule has 0 aliphatic carbocycles. The Hall–Kier alpha value is -1.58. The molecule has 2 N–H and O–H groups in total. The van der Waals surface area contributed by atoms with E-state index in [-0.39, 0.29) is 0 Å². The van der Waals surface area contributed by atoms with Crippen LogP contribution in [0.5, 0.6) is 0 Å². The van der Waals surface area contributed by atoms with Crippen molar-refractivity contribution in [2.75, 3.05) is 5.73 Å². The number of rotatable bonds is 0. The molecule has 2 aliphatic rings. The van der Waals surface area contributed by atoms with E-state index in [4.69, 9.17) is 5.73 Å². The van der Waals surface area contributed by atoms with Crippen molar-refractivity contribution in [1.82, 2.24) is 10.1 Å². The van der Waals surface area contributed by atoms with Crippen LogP contribution in [0.15, 0.2) is 23.0 Å². The Morgan fingerprint density at radius 2 is 2.40 bits per heavy atom. The van der Waals surface area contributed by atoms with E-state index in [1.165, 1.54) is 6.26 Å². The third-order valence-corrected chi connectivity index (χ3v) is 1.32. The van der Waals surface area contributed by atoms with E-state index in [2.05, 4.69) is 14.7 Å². The van der Waals surface area contributed by atoms with Gasteiger partial charge in [-0.25, -0.2) is 0 Å². The number of nitrogens with two attached hydrogens (primary N) is 1. The second-order valence-electron chi connectivity index (χ2n) is 1.94. The first kappa shape index (κ1) is 5.22. The van der Waals surface area contributed by atoms with Crippen molar-refractivity contribution in [3.63, 3.8) is 0 Å². The number of anilines is 1. The minimum atomic E-state index is 0.384. The Morgan fingerprint density at radius 1 is 1.50 bits per heavy atom. The van der Waals surface area contributed by atoms with E-state index in [0.29, 0.717) is 5.82 Å². The summed E-state index contributed by atoms with van der Waals surface area (Å²) < 4.78 is 4.64. The van der Waals surface area contributed by atoms with Gasteiger partial charge in [-0.2, -0.15) is 0 Å². The van der Waals surface area contributed by atoms with Gasteiger partial charge in [0.25, 0.3) is 0 Å². The molecule has 2 aliphatic heterocycles. The van der Waals surface area contributed by atoms with Crippen molar-refractivity contribution in [3.05, 3.63) is 18.5 Å². The molecule has 0 amide bonds. The van der Waals surface area contributed by atoms with Gasteiger partial charge in [0.05, 0.1) is 5.56 Å². The fourth-order valence-electron chi connectivity index (χ4n) is 0.840. The molecule has 0 aromatic heterocycles. The Kier molecular flexibility index (Phi) is 0.887. The van der Waals surface area contributed by atoms with Gasteiger partial charge in [0, 0.05) is 6.20 Å². The minimum Gasteiger partial charge on any atom is -0.380 e. The average Bonchev–Trinajstić information content (AvgIpc) is 2.36. The van der Waals surface area contributed by atoms with Gasteiger partial charge in [0.2, 0.25) is 0 Å². The largest absolute Gasteiger partial charge is 0.380 e. The third kappa shape index (κ3) is 0.556. The van der Waals surface area contributed by atoms with Gasteiger partial charge in [-0.1, -0.05) is 5.16 Å². The number of hydrogen-bond acceptors (Lipinski definition) is 4. The van der Waals surface area contributed by atoms with E-state index in [9.17, 15) is 0 Å². The first-order valence-electron chi connectivity index (χ1n) is 2.82. The lowest BCUT2D eigenvalue weighted by Crippen LogP contribution is -1.92. The number of fused-ring (bicyclic) bond motifs is 1. The summed E-state index contributed by atoms with van der Waals surface area (Å²) in [6.45, 7) is 0. The molecule has 0 atom stereocenters. The zero-order chi connectivity index (χ0) is 6.97. The van der Waals surface area contributed by atoms with Crippen LogP contribution in [0.25, 0.3) is 11.3 Å². The van der Waals surface area contributed by atoms with Gasteiger partial charge in [-0.15, -0.1) is 0 Å². The first-order chi connectivity index (χ1) is 4.88. The van der Waals surface area contributed by atoms with E-state index in [1.54, 1.807) is 12.3 Å². The maximum absolute atomic E-state index is 5.46. The smallest absolute Gasteiger partial charge is 0.173 e. The molecule has 0 unspecified atom stereocenters. The zero-order valence-electron chi connectivity index (χ0n) is 5.11. The fourth-order valence-corrected chi connectivity index (χ4v) is 0.840. The van der Waals surface area contributed by atoms with Crippen molar-refractivity contribution in [1.29, 1.82) is 0 Å². The predicted molar refractivity (Wildman–Crippen MR) is 35.3 cm³/mol. The highest BCUT2D eigenvalue weighted by atomic mass is 16.5. The molecule has 50 valence electrons. The molecular weight excluding hydrogens is 130 g/mol. The van der Waals surface area contributed by atoms with Crippen LogP contribution in [0.4, 0.5) is 5.82 Å². The van der Waals surface area contributed by atoms with Crippen LogP contribution >= 0.6 is 0 Å². The highest BCUT2D eigenvalue weighted by Crippen LogP contribution is 2.22. The fraction of sp³-hybridized carbons (Fsp3) is 0. The molecule has 0 fully saturated rings. The van der Waals surface area contributed by atoms with Crippen LogP contribution in [-0.4, -0.2) is 10.1 Å². The molecule has 2 rings (SSSR count). The molecular formula is C6H5N3O. The van der Waals surface area contributed by atoms with Crippen LogP contribution in [-0.2, 0) is 0 Å². The van der Waals surface area contributed by atoms with Crippen LogP contribution < -0.4 is 5.73 Å². The summed E-state index contributed by atoms with van der Waals surface area (Å²) in [4.78, 5) is 3.97. The maximum Gasteiger partial charge on any atom is 0.173 e.